The standard InChI is InChI=1S/C18H19Br2NO4/c1-2-7-25-18(24)10-3-5-11(6-4-10)21-16(22)12-8-14(19)15(20)9-13(12)17(21)23/h3-6,12-15H,2,7-9H2,1H3/t12-,13-,14-,15+/m0/s1. The molecule has 25 heavy (non-hydrogen) atoms. The Kier molecular flexibility index (Phi) is 5.63. The quantitative estimate of drug-likeness (QED) is 0.381. The molecular weight excluding hydrogens is 454 g/mol. The van der Waals surface area contributed by atoms with Gasteiger partial charge in [0.1, 0.15) is 0 Å². The molecule has 0 unspecified atom stereocenters. The molecule has 7 heteroatoms. The summed E-state index contributed by atoms with van der Waals surface area (Å²) in [6.45, 7) is 2.30. The maximum Gasteiger partial charge on any atom is 0.338 e. The number of hydrogen-bond donors (Lipinski definition) is 0. The summed E-state index contributed by atoms with van der Waals surface area (Å²) in [5, 5.41) is 0. The highest BCUT2D eigenvalue weighted by Crippen LogP contribution is 2.44. The molecule has 2 amide bonds. The van der Waals surface area contributed by atoms with E-state index in [9.17, 15) is 14.4 Å². The van der Waals surface area contributed by atoms with Gasteiger partial charge in [-0.3, -0.25) is 14.5 Å². The number of carbonyl (C=O) groups is 3. The first-order valence-corrected chi connectivity index (χ1v) is 10.2. The van der Waals surface area contributed by atoms with Crippen LogP contribution in [-0.2, 0) is 14.3 Å². The van der Waals surface area contributed by atoms with Crippen LogP contribution in [0.2, 0.25) is 0 Å². The lowest BCUT2D eigenvalue weighted by molar-refractivity contribution is -0.122. The number of nitrogens with zero attached hydrogens (tertiary/aromatic N) is 1. The lowest BCUT2D eigenvalue weighted by Gasteiger charge is -2.29. The predicted molar refractivity (Wildman–Crippen MR) is 101 cm³/mol. The van der Waals surface area contributed by atoms with Crippen LogP contribution in [0.3, 0.4) is 0 Å². The second kappa shape index (κ2) is 7.58. The highest BCUT2D eigenvalue weighted by Gasteiger charge is 2.52. The first-order valence-electron chi connectivity index (χ1n) is 8.37. The molecule has 1 aromatic carbocycles. The van der Waals surface area contributed by atoms with E-state index in [1.807, 2.05) is 6.92 Å². The number of ether oxygens (including phenoxy) is 1. The first-order chi connectivity index (χ1) is 11.9. The lowest BCUT2D eigenvalue weighted by Crippen LogP contribution is -2.34. The molecule has 0 N–H and O–H groups in total. The van der Waals surface area contributed by atoms with Gasteiger partial charge < -0.3 is 4.74 Å². The Labute approximate surface area is 163 Å². The Morgan fingerprint density at radius 1 is 1.08 bits per heavy atom. The Morgan fingerprint density at radius 2 is 1.60 bits per heavy atom. The molecule has 0 bridgehead atoms. The van der Waals surface area contributed by atoms with Gasteiger partial charge >= 0.3 is 5.97 Å². The molecule has 3 rings (SSSR count). The van der Waals surface area contributed by atoms with E-state index in [2.05, 4.69) is 31.9 Å². The molecule has 1 aliphatic carbocycles. The van der Waals surface area contributed by atoms with E-state index in [0.29, 0.717) is 30.7 Å². The fourth-order valence-corrected chi connectivity index (χ4v) is 4.61. The molecule has 5 nitrogen and oxygen atoms in total. The smallest absolute Gasteiger partial charge is 0.338 e. The summed E-state index contributed by atoms with van der Waals surface area (Å²) >= 11 is 7.16. The molecule has 0 spiro atoms. The van der Waals surface area contributed by atoms with Gasteiger partial charge in [-0.25, -0.2) is 4.79 Å². The third-order valence-corrected chi connectivity index (χ3v) is 7.44. The molecule has 2 aliphatic rings. The Hall–Kier alpha value is -1.21. The van der Waals surface area contributed by atoms with E-state index in [4.69, 9.17) is 4.74 Å². The molecule has 1 saturated carbocycles. The van der Waals surface area contributed by atoms with E-state index in [1.54, 1.807) is 24.3 Å². The summed E-state index contributed by atoms with van der Waals surface area (Å²) < 4.78 is 5.09. The average molecular weight is 473 g/mol. The topological polar surface area (TPSA) is 63.7 Å². The van der Waals surface area contributed by atoms with Crippen molar-refractivity contribution in [3.05, 3.63) is 29.8 Å². The van der Waals surface area contributed by atoms with Gasteiger partial charge in [-0.2, -0.15) is 0 Å². The number of imide groups is 1. The number of fused-ring (bicyclic) bond motifs is 1. The molecule has 0 aromatic heterocycles. The minimum Gasteiger partial charge on any atom is -0.462 e. The van der Waals surface area contributed by atoms with Crippen molar-refractivity contribution in [2.45, 2.75) is 35.8 Å². The van der Waals surface area contributed by atoms with Gasteiger partial charge in [0.25, 0.3) is 0 Å². The van der Waals surface area contributed by atoms with Crippen molar-refractivity contribution in [2.24, 2.45) is 11.8 Å². The third kappa shape index (κ3) is 3.53. The largest absolute Gasteiger partial charge is 0.462 e. The Morgan fingerprint density at radius 3 is 2.08 bits per heavy atom. The molecule has 2 fully saturated rings. The van der Waals surface area contributed by atoms with Crippen molar-refractivity contribution < 1.29 is 19.1 Å². The number of anilines is 1. The van der Waals surface area contributed by atoms with Crippen LogP contribution in [0.1, 0.15) is 36.5 Å². The number of rotatable bonds is 4. The number of amides is 2. The lowest BCUT2D eigenvalue weighted by atomic mass is 9.81. The summed E-state index contributed by atoms with van der Waals surface area (Å²) in [6.07, 6.45) is 2.04. The maximum absolute atomic E-state index is 12.7. The Balaban J connectivity index is 1.79. The third-order valence-electron chi connectivity index (χ3n) is 4.71. The van der Waals surface area contributed by atoms with E-state index in [1.165, 1.54) is 4.90 Å². The van der Waals surface area contributed by atoms with Crippen molar-refractivity contribution in [3.8, 4) is 0 Å². The van der Waals surface area contributed by atoms with Crippen LogP contribution in [0.15, 0.2) is 24.3 Å². The van der Waals surface area contributed by atoms with Gasteiger partial charge in [-0.1, -0.05) is 38.8 Å². The summed E-state index contributed by atoms with van der Waals surface area (Å²) in [5.74, 6) is -1.26. The van der Waals surface area contributed by atoms with Crippen molar-refractivity contribution >= 4 is 55.3 Å². The van der Waals surface area contributed by atoms with E-state index in [-0.39, 0.29) is 33.3 Å². The SMILES string of the molecule is CCCOC(=O)c1ccc(N2C(=O)[C@H]3C[C@@H](Br)[C@@H](Br)C[C@@H]3C2=O)cc1. The molecule has 134 valence electrons. The zero-order chi connectivity index (χ0) is 18.1. The minimum atomic E-state index is -0.398. The molecule has 1 aliphatic heterocycles. The average Bonchev–Trinajstić information content (AvgIpc) is 2.84. The van der Waals surface area contributed by atoms with Crippen LogP contribution < -0.4 is 4.90 Å². The fraction of sp³-hybridized carbons (Fsp3) is 0.500. The first kappa shape index (κ1) is 18.6. The monoisotopic (exact) mass is 471 g/mol. The number of halogens is 2. The molecule has 4 atom stereocenters. The highest BCUT2D eigenvalue weighted by molar-refractivity contribution is 9.12. The second-order valence-electron chi connectivity index (χ2n) is 6.41. The van der Waals surface area contributed by atoms with Gasteiger partial charge in [0.05, 0.1) is 29.7 Å². The molecule has 1 saturated heterocycles. The van der Waals surface area contributed by atoms with Crippen LogP contribution >= 0.6 is 31.9 Å². The van der Waals surface area contributed by atoms with Crippen molar-refractivity contribution in [3.63, 3.8) is 0 Å². The molecule has 1 aromatic rings. The number of alkyl halides is 2. The second-order valence-corrected chi connectivity index (χ2v) is 8.76. The summed E-state index contributed by atoms with van der Waals surface area (Å²) in [4.78, 5) is 39.0. The van der Waals surface area contributed by atoms with Crippen molar-refractivity contribution in [2.75, 3.05) is 11.5 Å². The number of esters is 1. The van der Waals surface area contributed by atoms with E-state index < -0.39 is 5.97 Å². The van der Waals surface area contributed by atoms with Crippen LogP contribution in [-0.4, -0.2) is 34.0 Å². The van der Waals surface area contributed by atoms with Gasteiger partial charge in [-0.15, -0.1) is 0 Å². The fourth-order valence-electron chi connectivity index (χ4n) is 3.37. The van der Waals surface area contributed by atoms with Crippen LogP contribution in [0, 0.1) is 11.8 Å². The van der Waals surface area contributed by atoms with E-state index in [0.717, 1.165) is 6.42 Å². The zero-order valence-electron chi connectivity index (χ0n) is 13.8. The van der Waals surface area contributed by atoms with Crippen molar-refractivity contribution in [1.82, 2.24) is 0 Å². The van der Waals surface area contributed by atoms with Gasteiger partial charge in [0.2, 0.25) is 11.8 Å². The molecule has 0 radical (unpaired) electrons. The van der Waals surface area contributed by atoms with E-state index >= 15 is 0 Å². The maximum atomic E-state index is 12.7. The van der Waals surface area contributed by atoms with Gasteiger partial charge in [-0.05, 0) is 43.5 Å². The zero-order valence-corrected chi connectivity index (χ0v) is 17.0. The highest BCUT2D eigenvalue weighted by atomic mass is 79.9. The molecule has 1 heterocycles. The van der Waals surface area contributed by atoms with Crippen LogP contribution in [0.4, 0.5) is 5.69 Å². The molecular formula is C18H19Br2NO4. The summed E-state index contributed by atoms with van der Waals surface area (Å²) in [7, 11) is 0. The number of hydrogen-bond acceptors (Lipinski definition) is 4. The number of benzene rings is 1. The van der Waals surface area contributed by atoms with Crippen LogP contribution in [0.5, 0.6) is 0 Å². The number of carbonyl (C=O) groups excluding carboxylic acids is 3. The van der Waals surface area contributed by atoms with Gasteiger partial charge in [0, 0.05) is 9.65 Å². The van der Waals surface area contributed by atoms with Crippen LogP contribution in [0.25, 0.3) is 0 Å². The van der Waals surface area contributed by atoms with Gasteiger partial charge in [0.15, 0.2) is 0 Å². The predicted octanol–water partition coefficient (Wildman–Crippen LogP) is 3.68. The Bertz CT molecular complexity index is 663. The summed E-state index contributed by atoms with van der Waals surface area (Å²) in [5.41, 5.74) is 0.920. The normalized spacial score (nSPS) is 28.8. The van der Waals surface area contributed by atoms with Crippen molar-refractivity contribution in [1.29, 1.82) is 0 Å². The summed E-state index contributed by atoms with van der Waals surface area (Å²) in [6, 6.07) is 6.45. The minimum absolute atomic E-state index is 0.153.